The SMILES string of the molecule is CCc1ccccc1N1CC(C(=O)N2CCCC(N3CCNCC3=O)C2)CC1=O. The number of para-hydroxylation sites is 1. The Kier molecular flexibility index (Phi) is 5.85. The van der Waals surface area contributed by atoms with Crippen LogP contribution >= 0.6 is 0 Å². The number of benzene rings is 1. The molecule has 1 N–H and O–H groups in total. The summed E-state index contributed by atoms with van der Waals surface area (Å²) in [5, 5.41) is 3.10. The molecule has 0 bridgehead atoms. The first-order valence-electron chi connectivity index (χ1n) is 10.8. The predicted octanol–water partition coefficient (Wildman–Crippen LogP) is 1.02. The summed E-state index contributed by atoms with van der Waals surface area (Å²) in [5.41, 5.74) is 2.06. The van der Waals surface area contributed by atoms with E-state index < -0.39 is 0 Å². The zero-order valence-corrected chi connectivity index (χ0v) is 17.1. The number of nitrogens with zero attached hydrogens (tertiary/aromatic N) is 3. The quantitative estimate of drug-likeness (QED) is 0.822. The largest absolute Gasteiger partial charge is 0.340 e. The first-order valence-corrected chi connectivity index (χ1v) is 10.8. The van der Waals surface area contributed by atoms with E-state index >= 15 is 0 Å². The number of hydrogen-bond donors (Lipinski definition) is 1. The highest BCUT2D eigenvalue weighted by atomic mass is 16.2. The van der Waals surface area contributed by atoms with Crippen LogP contribution in [0.4, 0.5) is 5.69 Å². The van der Waals surface area contributed by atoms with Gasteiger partial charge in [0.15, 0.2) is 0 Å². The van der Waals surface area contributed by atoms with Crippen molar-refractivity contribution in [1.29, 1.82) is 0 Å². The lowest BCUT2D eigenvalue weighted by Gasteiger charge is -2.41. The first-order chi connectivity index (χ1) is 14.1. The standard InChI is InChI=1S/C22H30N4O3/c1-2-16-6-3-4-8-19(16)26-14-17(12-20(26)27)22(29)24-10-5-7-18(15-24)25-11-9-23-13-21(25)28/h3-4,6,8,17-18,23H,2,5,7,9-15H2,1H3. The minimum atomic E-state index is -0.301. The Hall–Kier alpha value is -2.41. The Morgan fingerprint density at radius 2 is 1.97 bits per heavy atom. The molecule has 1 aromatic rings. The number of nitrogens with one attached hydrogen (secondary N) is 1. The van der Waals surface area contributed by atoms with Crippen molar-refractivity contribution in [3.05, 3.63) is 29.8 Å². The monoisotopic (exact) mass is 398 g/mol. The highest BCUT2D eigenvalue weighted by molar-refractivity contribution is 6.00. The molecule has 7 heteroatoms. The van der Waals surface area contributed by atoms with Gasteiger partial charge in [-0.1, -0.05) is 25.1 Å². The first kappa shape index (κ1) is 19.9. The molecule has 2 atom stereocenters. The van der Waals surface area contributed by atoms with Crippen LogP contribution in [-0.2, 0) is 20.8 Å². The van der Waals surface area contributed by atoms with Crippen LogP contribution in [0.15, 0.2) is 24.3 Å². The molecule has 3 amide bonds. The summed E-state index contributed by atoms with van der Waals surface area (Å²) in [4.78, 5) is 43.7. The molecule has 3 aliphatic rings. The maximum absolute atomic E-state index is 13.2. The van der Waals surface area contributed by atoms with Gasteiger partial charge in [-0.2, -0.15) is 0 Å². The minimum absolute atomic E-state index is 0.0232. The van der Waals surface area contributed by atoms with E-state index in [-0.39, 0.29) is 36.1 Å². The fourth-order valence-electron chi connectivity index (χ4n) is 4.85. The fourth-order valence-corrected chi connectivity index (χ4v) is 4.85. The van der Waals surface area contributed by atoms with Crippen molar-refractivity contribution < 1.29 is 14.4 Å². The molecule has 0 aliphatic carbocycles. The molecule has 0 radical (unpaired) electrons. The number of hydrogen-bond acceptors (Lipinski definition) is 4. The number of piperazine rings is 1. The second kappa shape index (κ2) is 8.53. The predicted molar refractivity (Wildman–Crippen MR) is 110 cm³/mol. The number of amides is 3. The molecule has 3 fully saturated rings. The second-order valence-corrected chi connectivity index (χ2v) is 8.23. The summed E-state index contributed by atoms with van der Waals surface area (Å²) < 4.78 is 0. The van der Waals surface area contributed by atoms with E-state index in [1.165, 1.54) is 0 Å². The maximum atomic E-state index is 13.2. The molecule has 3 heterocycles. The normalized spacial score (nSPS) is 25.6. The summed E-state index contributed by atoms with van der Waals surface area (Å²) in [5.74, 6) is -0.101. The highest BCUT2D eigenvalue weighted by Gasteiger charge is 2.40. The topological polar surface area (TPSA) is 73.0 Å². The highest BCUT2D eigenvalue weighted by Crippen LogP contribution is 2.30. The number of rotatable bonds is 4. The van der Waals surface area contributed by atoms with E-state index in [9.17, 15) is 14.4 Å². The van der Waals surface area contributed by atoms with Crippen LogP contribution in [-0.4, -0.2) is 72.8 Å². The minimum Gasteiger partial charge on any atom is -0.340 e. The van der Waals surface area contributed by atoms with Crippen molar-refractivity contribution in [2.45, 2.75) is 38.6 Å². The molecular formula is C22H30N4O3. The average molecular weight is 399 g/mol. The van der Waals surface area contributed by atoms with Gasteiger partial charge >= 0.3 is 0 Å². The summed E-state index contributed by atoms with van der Waals surface area (Å²) in [6, 6.07) is 8.03. The Morgan fingerprint density at radius 1 is 1.14 bits per heavy atom. The summed E-state index contributed by atoms with van der Waals surface area (Å²) in [6.07, 6.45) is 2.96. The molecule has 0 spiro atoms. The lowest BCUT2D eigenvalue weighted by Crippen LogP contribution is -2.58. The van der Waals surface area contributed by atoms with Crippen molar-refractivity contribution in [3.63, 3.8) is 0 Å². The third-order valence-corrected chi connectivity index (χ3v) is 6.41. The van der Waals surface area contributed by atoms with Gasteiger partial charge in [0.2, 0.25) is 17.7 Å². The van der Waals surface area contributed by atoms with Gasteiger partial charge in [-0.05, 0) is 30.9 Å². The second-order valence-electron chi connectivity index (χ2n) is 8.23. The van der Waals surface area contributed by atoms with Gasteiger partial charge in [0.1, 0.15) is 0 Å². The number of anilines is 1. The number of carbonyl (C=O) groups is 3. The number of aryl methyl sites for hydroxylation is 1. The van der Waals surface area contributed by atoms with Gasteiger partial charge in [-0.15, -0.1) is 0 Å². The van der Waals surface area contributed by atoms with E-state index in [0.717, 1.165) is 37.1 Å². The van der Waals surface area contributed by atoms with Crippen LogP contribution in [0.1, 0.15) is 31.7 Å². The van der Waals surface area contributed by atoms with E-state index in [4.69, 9.17) is 0 Å². The Labute approximate surface area is 172 Å². The molecule has 0 saturated carbocycles. The lowest BCUT2D eigenvalue weighted by atomic mass is 10.00. The van der Waals surface area contributed by atoms with Gasteiger partial charge in [0.25, 0.3) is 0 Å². The Bertz CT molecular complexity index is 796. The Morgan fingerprint density at radius 3 is 2.76 bits per heavy atom. The summed E-state index contributed by atoms with van der Waals surface area (Å²) in [6.45, 7) is 5.71. The van der Waals surface area contributed by atoms with Crippen LogP contribution in [0, 0.1) is 5.92 Å². The van der Waals surface area contributed by atoms with Gasteiger partial charge in [-0.25, -0.2) is 0 Å². The zero-order chi connectivity index (χ0) is 20.4. The van der Waals surface area contributed by atoms with Crippen molar-refractivity contribution in [2.24, 2.45) is 5.92 Å². The molecule has 4 rings (SSSR count). The molecular weight excluding hydrogens is 368 g/mol. The summed E-state index contributed by atoms with van der Waals surface area (Å²) >= 11 is 0. The lowest BCUT2D eigenvalue weighted by molar-refractivity contribution is -0.142. The number of likely N-dealkylation sites (tertiary alicyclic amines) is 1. The van der Waals surface area contributed by atoms with Crippen LogP contribution in [0.25, 0.3) is 0 Å². The van der Waals surface area contributed by atoms with Gasteiger partial charge in [0.05, 0.1) is 12.5 Å². The molecule has 3 saturated heterocycles. The molecule has 2 unspecified atom stereocenters. The maximum Gasteiger partial charge on any atom is 0.236 e. The van der Waals surface area contributed by atoms with E-state index in [1.54, 1.807) is 4.90 Å². The molecule has 29 heavy (non-hydrogen) atoms. The van der Waals surface area contributed by atoms with Crippen molar-refractivity contribution >= 4 is 23.4 Å². The number of piperidine rings is 1. The van der Waals surface area contributed by atoms with Gasteiger partial charge < -0.3 is 20.0 Å². The summed E-state index contributed by atoms with van der Waals surface area (Å²) in [7, 11) is 0. The average Bonchev–Trinajstić information content (AvgIpc) is 3.15. The Balaban J connectivity index is 1.43. The van der Waals surface area contributed by atoms with Crippen LogP contribution < -0.4 is 10.2 Å². The third-order valence-electron chi connectivity index (χ3n) is 6.41. The van der Waals surface area contributed by atoms with Crippen molar-refractivity contribution in [2.75, 3.05) is 44.2 Å². The zero-order valence-electron chi connectivity index (χ0n) is 17.1. The molecule has 7 nitrogen and oxygen atoms in total. The number of carbonyl (C=O) groups excluding carboxylic acids is 3. The van der Waals surface area contributed by atoms with Crippen LogP contribution in [0.5, 0.6) is 0 Å². The van der Waals surface area contributed by atoms with Crippen LogP contribution in [0.2, 0.25) is 0 Å². The van der Waals surface area contributed by atoms with Gasteiger partial charge in [0, 0.05) is 50.9 Å². The van der Waals surface area contributed by atoms with Crippen molar-refractivity contribution in [3.8, 4) is 0 Å². The molecule has 3 aliphatic heterocycles. The molecule has 1 aromatic carbocycles. The van der Waals surface area contributed by atoms with E-state index in [2.05, 4.69) is 12.2 Å². The fraction of sp³-hybridized carbons (Fsp3) is 0.591. The van der Waals surface area contributed by atoms with E-state index in [1.807, 2.05) is 34.1 Å². The van der Waals surface area contributed by atoms with E-state index in [0.29, 0.717) is 32.7 Å². The third kappa shape index (κ3) is 4.01. The molecule has 0 aromatic heterocycles. The smallest absolute Gasteiger partial charge is 0.236 e. The van der Waals surface area contributed by atoms with Gasteiger partial charge in [-0.3, -0.25) is 14.4 Å². The van der Waals surface area contributed by atoms with Crippen LogP contribution in [0.3, 0.4) is 0 Å². The molecule has 156 valence electrons. The van der Waals surface area contributed by atoms with Crippen molar-refractivity contribution in [1.82, 2.24) is 15.1 Å².